The van der Waals surface area contributed by atoms with Crippen molar-refractivity contribution >= 4 is 11.9 Å². The smallest absolute Gasteiger partial charge is 0.328 e. The maximum atomic E-state index is 12.3. The van der Waals surface area contributed by atoms with Crippen LogP contribution in [0.1, 0.15) is 45.6 Å². The van der Waals surface area contributed by atoms with Gasteiger partial charge >= 0.3 is 5.97 Å². The standard InChI is InChI=1S/C19H30N2O3/c1-4-5-11-24-19(23)17(13-15-9-7-6-8-10-15)21-18(22)16(20)12-14(2)3/h6-10,14,16-17H,4-5,11-13,20H2,1-3H3,(H,21,22)/t16-,17-/m0/s1. The molecular weight excluding hydrogens is 304 g/mol. The second-order valence-electron chi connectivity index (χ2n) is 6.51. The van der Waals surface area contributed by atoms with E-state index in [2.05, 4.69) is 5.32 Å². The van der Waals surface area contributed by atoms with E-state index in [1.165, 1.54) is 0 Å². The normalized spacial score (nSPS) is 13.4. The van der Waals surface area contributed by atoms with E-state index < -0.39 is 18.1 Å². The fourth-order valence-corrected chi connectivity index (χ4v) is 2.35. The zero-order valence-corrected chi connectivity index (χ0v) is 15.0. The minimum atomic E-state index is -0.713. The van der Waals surface area contributed by atoms with Crippen LogP contribution >= 0.6 is 0 Å². The van der Waals surface area contributed by atoms with E-state index in [-0.39, 0.29) is 5.91 Å². The van der Waals surface area contributed by atoms with Crippen molar-refractivity contribution in [1.29, 1.82) is 0 Å². The molecular formula is C19H30N2O3. The molecule has 5 heteroatoms. The SMILES string of the molecule is CCCCOC(=O)[C@H](Cc1ccccc1)NC(=O)[C@@H](N)CC(C)C. The van der Waals surface area contributed by atoms with E-state index in [1.807, 2.05) is 51.1 Å². The highest BCUT2D eigenvalue weighted by Crippen LogP contribution is 2.07. The molecule has 0 saturated carbocycles. The number of carbonyl (C=O) groups is 2. The Hall–Kier alpha value is -1.88. The number of nitrogens with one attached hydrogen (secondary N) is 1. The topological polar surface area (TPSA) is 81.4 Å². The third-order valence-corrected chi connectivity index (χ3v) is 3.69. The predicted octanol–water partition coefficient (Wildman–Crippen LogP) is 2.43. The molecule has 0 unspecified atom stereocenters. The molecule has 0 saturated heterocycles. The second kappa shape index (κ2) is 10.8. The van der Waals surface area contributed by atoms with Gasteiger partial charge in [0.05, 0.1) is 12.6 Å². The van der Waals surface area contributed by atoms with Gasteiger partial charge in [0.1, 0.15) is 6.04 Å². The summed E-state index contributed by atoms with van der Waals surface area (Å²) >= 11 is 0. The number of nitrogens with two attached hydrogens (primary N) is 1. The van der Waals surface area contributed by atoms with Gasteiger partial charge in [0, 0.05) is 6.42 Å². The van der Waals surface area contributed by atoms with E-state index in [0.717, 1.165) is 18.4 Å². The van der Waals surface area contributed by atoms with Gasteiger partial charge in [-0.3, -0.25) is 4.79 Å². The van der Waals surface area contributed by atoms with Crippen molar-refractivity contribution in [3.63, 3.8) is 0 Å². The first-order chi connectivity index (χ1) is 11.4. The zero-order chi connectivity index (χ0) is 17.9. The Labute approximate surface area is 145 Å². The minimum Gasteiger partial charge on any atom is -0.464 e. The number of ether oxygens (including phenoxy) is 1. The van der Waals surface area contributed by atoms with Gasteiger partial charge in [0.2, 0.25) is 5.91 Å². The molecule has 0 radical (unpaired) electrons. The molecule has 0 spiro atoms. The Morgan fingerprint density at radius 2 is 1.88 bits per heavy atom. The van der Waals surface area contributed by atoms with E-state index in [9.17, 15) is 9.59 Å². The van der Waals surface area contributed by atoms with Crippen LogP contribution in [0.15, 0.2) is 30.3 Å². The zero-order valence-electron chi connectivity index (χ0n) is 15.0. The summed E-state index contributed by atoms with van der Waals surface area (Å²) in [6.45, 7) is 6.41. The number of unbranched alkanes of at least 4 members (excludes halogenated alkanes) is 1. The third kappa shape index (κ3) is 7.59. The van der Waals surface area contributed by atoms with Gasteiger partial charge < -0.3 is 15.8 Å². The average Bonchev–Trinajstić information content (AvgIpc) is 2.54. The highest BCUT2D eigenvalue weighted by Gasteiger charge is 2.25. The van der Waals surface area contributed by atoms with Crippen LogP contribution in [0.4, 0.5) is 0 Å². The summed E-state index contributed by atoms with van der Waals surface area (Å²) in [5.74, 6) is -0.399. The molecule has 0 bridgehead atoms. The van der Waals surface area contributed by atoms with E-state index >= 15 is 0 Å². The Morgan fingerprint density at radius 3 is 2.46 bits per heavy atom. The monoisotopic (exact) mass is 334 g/mol. The van der Waals surface area contributed by atoms with Crippen molar-refractivity contribution in [3.8, 4) is 0 Å². The molecule has 5 nitrogen and oxygen atoms in total. The summed E-state index contributed by atoms with van der Waals surface area (Å²) in [4.78, 5) is 24.6. The first kappa shape index (κ1) is 20.2. The van der Waals surface area contributed by atoms with E-state index in [4.69, 9.17) is 10.5 Å². The maximum Gasteiger partial charge on any atom is 0.328 e. The third-order valence-electron chi connectivity index (χ3n) is 3.69. The number of hydrogen-bond donors (Lipinski definition) is 2. The Morgan fingerprint density at radius 1 is 1.21 bits per heavy atom. The summed E-state index contributed by atoms with van der Waals surface area (Å²) in [6.07, 6.45) is 2.73. The van der Waals surface area contributed by atoms with Crippen LogP contribution in [-0.4, -0.2) is 30.6 Å². The highest BCUT2D eigenvalue weighted by atomic mass is 16.5. The van der Waals surface area contributed by atoms with Crippen molar-refractivity contribution < 1.29 is 14.3 Å². The predicted molar refractivity (Wildman–Crippen MR) is 95.4 cm³/mol. The van der Waals surface area contributed by atoms with Crippen molar-refractivity contribution in [2.24, 2.45) is 11.7 Å². The molecule has 24 heavy (non-hydrogen) atoms. The molecule has 1 aromatic rings. The van der Waals surface area contributed by atoms with Crippen LogP contribution in [-0.2, 0) is 20.7 Å². The second-order valence-corrected chi connectivity index (χ2v) is 6.51. The van der Waals surface area contributed by atoms with E-state index in [1.54, 1.807) is 0 Å². The molecule has 0 heterocycles. The van der Waals surface area contributed by atoms with Crippen LogP contribution in [0.2, 0.25) is 0 Å². The summed E-state index contributed by atoms with van der Waals surface area (Å²) in [7, 11) is 0. The first-order valence-electron chi connectivity index (χ1n) is 8.70. The highest BCUT2D eigenvalue weighted by molar-refractivity contribution is 5.87. The molecule has 0 fully saturated rings. The molecule has 1 aromatic carbocycles. The molecule has 1 amide bonds. The van der Waals surface area contributed by atoms with Crippen molar-refractivity contribution in [3.05, 3.63) is 35.9 Å². The Bertz CT molecular complexity index is 503. The quantitative estimate of drug-likeness (QED) is 0.509. The molecule has 0 aliphatic carbocycles. The average molecular weight is 334 g/mol. The summed E-state index contributed by atoms with van der Waals surface area (Å²) in [5, 5.41) is 2.76. The number of hydrogen-bond acceptors (Lipinski definition) is 4. The van der Waals surface area contributed by atoms with Crippen molar-refractivity contribution in [1.82, 2.24) is 5.32 Å². The number of benzene rings is 1. The van der Waals surface area contributed by atoms with Crippen LogP contribution in [0.25, 0.3) is 0 Å². The fraction of sp³-hybridized carbons (Fsp3) is 0.579. The number of amides is 1. The summed E-state index contributed by atoms with van der Waals surface area (Å²) < 4.78 is 5.28. The van der Waals surface area contributed by atoms with Gasteiger partial charge in [0.15, 0.2) is 0 Å². The molecule has 2 atom stereocenters. The van der Waals surface area contributed by atoms with Gasteiger partial charge in [0.25, 0.3) is 0 Å². The van der Waals surface area contributed by atoms with Crippen LogP contribution in [0.3, 0.4) is 0 Å². The lowest BCUT2D eigenvalue weighted by Crippen LogP contribution is -2.50. The van der Waals surface area contributed by atoms with Crippen molar-refractivity contribution in [2.45, 2.75) is 58.5 Å². The van der Waals surface area contributed by atoms with Crippen molar-refractivity contribution in [2.75, 3.05) is 6.61 Å². The van der Waals surface area contributed by atoms with Crippen LogP contribution in [0, 0.1) is 5.92 Å². The number of carbonyl (C=O) groups excluding carboxylic acids is 2. The first-order valence-corrected chi connectivity index (χ1v) is 8.70. The van der Waals surface area contributed by atoms with Crippen LogP contribution < -0.4 is 11.1 Å². The molecule has 1 rings (SSSR count). The molecule has 0 aromatic heterocycles. The molecule has 3 N–H and O–H groups in total. The summed E-state index contributed by atoms with van der Waals surface area (Å²) in [6, 6.07) is 8.23. The minimum absolute atomic E-state index is 0.308. The largest absolute Gasteiger partial charge is 0.464 e. The Balaban J connectivity index is 2.72. The molecule has 0 aliphatic heterocycles. The van der Waals surface area contributed by atoms with Gasteiger partial charge in [-0.2, -0.15) is 0 Å². The fourth-order valence-electron chi connectivity index (χ4n) is 2.35. The number of rotatable bonds is 10. The van der Waals surface area contributed by atoms with Gasteiger partial charge in [-0.15, -0.1) is 0 Å². The maximum absolute atomic E-state index is 12.3. The van der Waals surface area contributed by atoms with Crippen LogP contribution in [0.5, 0.6) is 0 Å². The lowest BCUT2D eigenvalue weighted by atomic mass is 10.0. The lowest BCUT2D eigenvalue weighted by molar-refractivity contribution is -0.148. The number of esters is 1. The molecule has 0 aliphatic rings. The lowest BCUT2D eigenvalue weighted by Gasteiger charge is -2.21. The van der Waals surface area contributed by atoms with E-state index in [0.29, 0.717) is 25.4 Å². The Kier molecular flexibility index (Phi) is 9.08. The van der Waals surface area contributed by atoms with Gasteiger partial charge in [-0.05, 0) is 24.3 Å². The van der Waals surface area contributed by atoms with Gasteiger partial charge in [-0.25, -0.2) is 4.79 Å². The van der Waals surface area contributed by atoms with Gasteiger partial charge in [-0.1, -0.05) is 57.5 Å². The molecule has 134 valence electrons. The summed E-state index contributed by atoms with van der Waals surface area (Å²) in [5.41, 5.74) is 6.88.